The highest BCUT2D eigenvalue weighted by molar-refractivity contribution is 5.57. The molecule has 1 unspecified atom stereocenters. The summed E-state index contributed by atoms with van der Waals surface area (Å²) in [7, 11) is 0. The van der Waals surface area contributed by atoms with Gasteiger partial charge in [-0.05, 0) is 29.9 Å². The minimum atomic E-state index is 0.776. The Morgan fingerprint density at radius 3 is 2.88 bits per heavy atom. The SMILES string of the molecule is CCCCCCC1CC=Cc2ccccc21. The maximum absolute atomic E-state index is 2.34. The number of hydrogen-bond donors (Lipinski definition) is 0. The van der Waals surface area contributed by atoms with Crippen LogP contribution in [0.4, 0.5) is 0 Å². The summed E-state index contributed by atoms with van der Waals surface area (Å²) >= 11 is 0. The molecule has 2 rings (SSSR count). The summed E-state index contributed by atoms with van der Waals surface area (Å²) < 4.78 is 0. The molecule has 0 N–H and O–H groups in total. The van der Waals surface area contributed by atoms with Gasteiger partial charge in [-0.2, -0.15) is 0 Å². The Balaban J connectivity index is 1.94. The molecule has 1 atom stereocenters. The summed E-state index contributed by atoms with van der Waals surface area (Å²) in [6.45, 7) is 2.28. The van der Waals surface area contributed by atoms with Crippen molar-refractivity contribution in [1.29, 1.82) is 0 Å². The molecule has 0 aromatic heterocycles. The molecule has 1 aromatic carbocycles. The van der Waals surface area contributed by atoms with E-state index in [9.17, 15) is 0 Å². The van der Waals surface area contributed by atoms with Gasteiger partial charge in [0.25, 0.3) is 0 Å². The fourth-order valence-corrected chi connectivity index (χ4v) is 2.61. The Bertz CT molecular complexity index is 349. The van der Waals surface area contributed by atoms with Gasteiger partial charge < -0.3 is 0 Å². The molecule has 0 saturated heterocycles. The molecule has 0 spiro atoms. The maximum atomic E-state index is 2.34. The second-order valence-corrected chi connectivity index (χ2v) is 4.81. The van der Waals surface area contributed by atoms with Crippen LogP contribution < -0.4 is 0 Å². The van der Waals surface area contributed by atoms with Crippen LogP contribution >= 0.6 is 0 Å². The fraction of sp³-hybridized carbons (Fsp3) is 0.500. The van der Waals surface area contributed by atoms with Crippen molar-refractivity contribution in [3.63, 3.8) is 0 Å². The van der Waals surface area contributed by atoms with Crippen LogP contribution in [0.25, 0.3) is 6.08 Å². The number of benzene rings is 1. The second kappa shape index (κ2) is 5.89. The van der Waals surface area contributed by atoms with Crippen LogP contribution in [0.3, 0.4) is 0 Å². The highest BCUT2D eigenvalue weighted by Crippen LogP contribution is 2.33. The molecule has 0 saturated carbocycles. The van der Waals surface area contributed by atoms with Gasteiger partial charge in [-0.3, -0.25) is 0 Å². The lowest BCUT2D eigenvalue weighted by Crippen LogP contribution is -2.03. The topological polar surface area (TPSA) is 0 Å². The standard InChI is InChI=1S/C16H22/c1-2-3-4-5-9-14-11-8-12-15-10-6-7-13-16(14)15/h6-8,10,12-14H,2-5,9,11H2,1H3. The van der Waals surface area contributed by atoms with E-state index in [2.05, 4.69) is 43.3 Å². The van der Waals surface area contributed by atoms with Crippen molar-refractivity contribution in [2.24, 2.45) is 0 Å². The van der Waals surface area contributed by atoms with Crippen LogP contribution in [0.5, 0.6) is 0 Å². The molecule has 0 bridgehead atoms. The predicted octanol–water partition coefficient (Wildman–Crippen LogP) is 5.16. The first-order valence-electron chi connectivity index (χ1n) is 6.67. The Labute approximate surface area is 99.4 Å². The molecule has 0 radical (unpaired) electrons. The summed E-state index contributed by atoms with van der Waals surface area (Å²) in [5.74, 6) is 0.776. The Morgan fingerprint density at radius 1 is 1.12 bits per heavy atom. The molecule has 16 heavy (non-hydrogen) atoms. The van der Waals surface area contributed by atoms with E-state index in [0.29, 0.717) is 0 Å². The third-order valence-electron chi connectivity index (χ3n) is 3.56. The number of hydrogen-bond acceptors (Lipinski definition) is 0. The minimum Gasteiger partial charge on any atom is -0.0833 e. The number of fused-ring (bicyclic) bond motifs is 1. The van der Waals surface area contributed by atoms with E-state index in [0.717, 1.165) is 5.92 Å². The molecule has 1 aromatic rings. The van der Waals surface area contributed by atoms with Gasteiger partial charge in [-0.1, -0.05) is 69.0 Å². The van der Waals surface area contributed by atoms with Gasteiger partial charge in [0, 0.05) is 0 Å². The molecular weight excluding hydrogens is 192 g/mol. The molecule has 0 nitrogen and oxygen atoms in total. The van der Waals surface area contributed by atoms with E-state index < -0.39 is 0 Å². The van der Waals surface area contributed by atoms with E-state index >= 15 is 0 Å². The van der Waals surface area contributed by atoms with Crippen LogP contribution in [0.2, 0.25) is 0 Å². The van der Waals surface area contributed by atoms with Gasteiger partial charge in [0.1, 0.15) is 0 Å². The van der Waals surface area contributed by atoms with Gasteiger partial charge in [-0.25, -0.2) is 0 Å². The number of rotatable bonds is 5. The van der Waals surface area contributed by atoms with Crippen molar-refractivity contribution in [3.8, 4) is 0 Å². The molecular formula is C16H22. The quantitative estimate of drug-likeness (QED) is 0.594. The lowest BCUT2D eigenvalue weighted by molar-refractivity contribution is 0.554. The van der Waals surface area contributed by atoms with E-state index in [4.69, 9.17) is 0 Å². The van der Waals surface area contributed by atoms with E-state index in [1.54, 1.807) is 5.56 Å². The Morgan fingerprint density at radius 2 is 2.00 bits per heavy atom. The highest BCUT2D eigenvalue weighted by atomic mass is 14.2. The average molecular weight is 214 g/mol. The summed E-state index contributed by atoms with van der Waals surface area (Å²) in [6.07, 6.45) is 12.7. The first-order chi connectivity index (χ1) is 7.92. The van der Waals surface area contributed by atoms with E-state index in [1.807, 2.05) is 0 Å². The van der Waals surface area contributed by atoms with Crippen molar-refractivity contribution in [2.45, 2.75) is 51.4 Å². The zero-order valence-electron chi connectivity index (χ0n) is 10.3. The smallest absolute Gasteiger partial charge is 0.0121 e. The van der Waals surface area contributed by atoms with Crippen molar-refractivity contribution in [1.82, 2.24) is 0 Å². The van der Waals surface area contributed by atoms with Crippen LogP contribution in [-0.4, -0.2) is 0 Å². The Hall–Kier alpha value is -1.04. The highest BCUT2D eigenvalue weighted by Gasteiger charge is 2.15. The maximum Gasteiger partial charge on any atom is -0.0121 e. The molecule has 0 heterocycles. The van der Waals surface area contributed by atoms with E-state index in [-0.39, 0.29) is 0 Å². The van der Waals surface area contributed by atoms with Crippen molar-refractivity contribution in [3.05, 3.63) is 41.5 Å². The number of unbranched alkanes of at least 4 members (excludes halogenated alkanes) is 3. The first kappa shape index (κ1) is 11.4. The minimum absolute atomic E-state index is 0.776. The molecule has 1 aliphatic carbocycles. The fourth-order valence-electron chi connectivity index (χ4n) is 2.61. The zero-order valence-corrected chi connectivity index (χ0v) is 10.3. The lowest BCUT2D eigenvalue weighted by Gasteiger charge is -2.21. The van der Waals surface area contributed by atoms with Crippen LogP contribution in [-0.2, 0) is 0 Å². The number of allylic oxidation sites excluding steroid dienone is 1. The molecule has 0 amide bonds. The molecule has 86 valence electrons. The van der Waals surface area contributed by atoms with Gasteiger partial charge >= 0.3 is 0 Å². The summed E-state index contributed by atoms with van der Waals surface area (Å²) in [4.78, 5) is 0. The van der Waals surface area contributed by atoms with Crippen LogP contribution in [0.1, 0.15) is 62.5 Å². The first-order valence-corrected chi connectivity index (χ1v) is 6.67. The molecule has 0 fully saturated rings. The second-order valence-electron chi connectivity index (χ2n) is 4.81. The monoisotopic (exact) mass is 214 g/mol. The van der Waals surface area contributed by atoms with Crippen LogP contribution in [0.15, 0.2) is 30.3 Å². The third-order valence-corrected chi connectivity index (χ3v) is 3.56. The summed E-state index contributed by atoms with van der Waals surface area (Å²) in [5, 5.41) is 0. The molecule has 0 aliphatic heterocycles. The summed E-state index contributed by atoms with van der Waals surface area (Å²) in [6, 6.07) is 8.87. The van der Waals surface area contributed by atoms with Gasteiger partial charge in [0.15, 0.2) is 0 Å². The van der Waals surface area contributed by atoms with Gasteiger partial charge in [-0.15, -0.1) is 0 Å². The largest absolute Gasteiger partial charge is 0.0833 e. The van der Waals surface area contributed by atoms with Crippen LogP contribution in [0, 0.1) is 0 Å². The van der Waals surface area contributed by atoms with Gasteiger partial charge in [0.2, 0.25) is 0 Å². The zero-order chi connectivity index (χ0) is 11.2. The van der Waals surface area contributed by atoms with E-state index in [1.165, 1.54) is 44.1 Å². The van der Waals surface area contributed by atoms with Crippen molar-refractivity contribution >= 4 is 6.08 Å². The van der Waals surface area contributed by atoms with Crippen molar-refractivity contribution in [2.75, 3.05) is 0 Å². The van der Waals surface area contributed by atoms with Gasteiger partial charge in [0.05, 0.1) is 0 Å². The average Bonchev–Trinajstić information content (AvgIpc) is 2.35. The summed E-state index contributed by atoms with van der Waals surface area (Å²) in [5.41, 5.74) is 3.01. The molecule has 1 aliphatic rings. The third kappa shape index (κ3) is 2.75. The Kier molecular flexibility index (Phi) is 4.21. The lowest BCUT2D eigenvalue weighted by atomic mass is 9.84. The normalized spacial score (nSPS) is 18.4. The van der Waals surface area contributed by atoms with Crippen molar-refractivity contribution < 1.29 is 0 Å². The molecule has 0 heteroatoms. The predicted molar refractivity (Wildman–Crippen MR) is 71.6 cm³/mol.